The minimum atomic E-state index is -0.529. The van der Waals surface area contributed by atoms with Crippen molar-refractivity contribution in [1.82, 2.24) is 4.90 Å². The van der Waals surface area contributed by atoms with Crippen molar-refractivity contribution in [3.63, 3.8) is 0 Å². The highest BCUT2D eigenvalue weighted by Crippen LogP contribution is 2.17. The van der Waals surface area contributed by atoms with Crippen LogP contribution in [0.15, 0.2) is 29.6 Å². The SMILES string of the molecule is Cc1ccc(C)c(NC(=O)CN(C)C(=O)COC(=O)c2sccc2C)c1. The monoisotopic (exact) mass is 374 g/mol. The summed E-state index contributed by atoms with van der Waals surface area (Å²) in [5, 5.41) is 4.58. The summed E-state index contributed by atoms with van der Waals surface area (Å²) in [4.78, 5) is 37.9. The van der Waals surface area contributed by atoms with Gasteiger partial charge in [-0.05, 0) is 55.0 Å². The van der Waals surface area contributed by atoms with Gasteiger partial charge in [0.15, 0.2) is 6.61 Å². The van der Waals surface area contributed by atoms with Gasteiger partial charge in [0.05, 0.1) is 6.54 Å². The van der Waals surface area contributed by atoms with E-state index in [4.69, 9.17) is 4.74 Å². The molecule has 2 amide bonds. The molecule has 0 aliphatic carbocycles. The van der Waals surface area contributed by atoms with Crippen LogP contribution in [0.4, 0.5) is 5.69 Å². The summed E-state index contributed by atoms with van der Waals surface area (Å²) in [6.07, 6.45) is 0. The third kappa shape index (κ3) is 5.16. The number of ether oxygens (including phenoxy) is 1. The predicted molar refractivity (Wildman–Crippen MR) is 102 cm³/mol. The average Bonchev–Trinajstić information content (AvgIpc) is 3.01. The number of thiophene rings is 1. The van der Waals surface area contributed by atoms with Crippen LogP contribution in [0.25, 0.3) is 0 Å². The number of rotatable bonds is 6. The molecule has 0 unspecified atom stereocenters. The lowest BCUT2D eigenvalue weighted by atomic mass is 10.1. The number of anilines is 1. The van der Waals surface area contributed by atoms with E-state index in [1.165, 1.54) is 23.3 Å². The molecule has 1 heterocycles. The molecule has 6 nitrogen and oxygen atoms in total. The van der Waals surface area contributed by atoms with Gasteiger partial charge in [0.2, 0.25) is 5.91 Å². The molecule has 0 saturated carbocycles. The summed E-state index contributed by atoms with van der Waals surface area (Å²) in [6.45, 7) is 5.12. The van der Waals surface area contributed by atoms with Crippen LogP contribution >= 0.6 is 11.3 Å². The predicted octanol–water partition coefficient (Wildman–Crippen LogP) is 2.93. The summed E-state index contributed by atoms with van der Waals surface area (Å²) < 4.78 is 5.03. The zero-order valence-electron chi connectivity index (χ0n) is 15.3. The molecule has 2 aromatic rings. The van der Waals surface area contributed by atoms with Gasteiger partial charge in [0, 0.05) is 12.7 Å². The molecule has 138 valence electrons. The second-order valence-corrected chi connectivity index (χ2v) is 7.04. The number of aryl methyl sites for hydroxylation is 3. The van der Waals surface area contributed by atoms with Crippen LogP contribution in [0.5, 0.6) is 0 Å². The number of hydrogen-bond acceptors (Lipinski definition) is 5. The molecule has 0 aliphatic heterocycles. The average molecular weight is 374 g/mol. The second-order valence-electron chi connectivity index (χ2n) is 6.13. The Kier molecular flexibility index (Phi) is 6.52. The molecule has 0 atom stereocenters. The zero-order chi connectivity index (χ0) is 19.3. The number of esters is 1. The molecule has 0 spiro atoms. The Morgan fingerprint density at radius 2 is 1.85 bits per heavy atom. The van der Waals surface area contributed by atoms with E-state index in [2.05, 4.69) is 5.32 Å². The highest BCUT2D eigenvalue weighted by atomic mass is 32.1. The number of carbonyl (C=O) groups is 3. The molecule has 1 aromatic carbocycles. The minimum Gasteiger partial charge on any atom is -0.451 e. The standard InChI is InChI=1S/C19H22N2O4S/c1-12-5-6-13(2)15(9-12)20-16(22)10-21(4)17(23)11-25-19(24)18-14(3)7-8-26-18/h5-9H,10-11H2,1-4H3,(H,20,22). The molecule has 0 aliphatic rings. The summed E-state index contributed by atoms with van der Waals surface area (Å²) in [6, 6.07) is 7.57. The third-order valence-electron chi connectivity index (χ3n) is 3.85. The molecular weight excluding hydrogens is 352 g/mol. The van der Waals surface area contributed by atoms with E-state index < -0.39 is 18.5 Å². The summed E-state index contributed by atoms with van der Waals surface area (Å²) >= 11 is 1.27. The summed E-state index contributed by atoms with van der Waals surface area (Å²) in [5.74, 6) is -1.28. The van der Waals surface area contributed by atoms with Crippen LogP contribution in [0.2, 0.25) is 0 Å². The van der Waals surface area contributed by atoms with Crippen LogP contribution in [0.1, 0.15) is 26.4 Å². The van der Waals surface area contributed by atoms with E-state index in [0.717, 1.165) is 22.4 Å². The molecule has 1 aromatic heterocycles. The van der Waals surface area contributed by atoms with E-state index in [0.29, 0.717) is 4.88 Å². The van der Waals surface area contributed by atoms with Crippen molar-refractivity contribution in [2.75, 3.05) is 25.5 Å². The lowest BCUT2D eigenvalue weighted by Gasteiger charge is -2.17. The lowest BCUT2D eigenvalue weighted by Crippen LogP contribution is -2.37. The first-order chi connectivity index (χ1) is 12.3. The molecule has 0 radical (unpaired) electrons. The minimum absolute atomic E-state index is 0.123. The fraction of sp³-hybridized carbons (Fsp3) is 0.316. The van der Waals surface area contributed by atoms with Crippen molar-refractivity contribution in [2.45, 2.75) is 20.8 Å². The van der Waals surface area contributed by atoms with E-state index in [1.54, 1.807) is 12.3 Å². The van der Waals surface area contributed by atoms with Gasteiger partial charge in [0.25, 0.3) is 5.91 Å². The fourth-order valence-corrected chi connectivity index (χ4v) is 3.07. The Balaban J connectivity index is 1.84. The van der Waals surface area contributed by atoms with Gasteiger partial charge in [-0.15, -0.1) is 11.3 Å². The van der Waals surface area contributed by atoms with Gasteiger partial charge in [-0.2, -0.15) is 0 Å². The molecule has 0 saturated heterocycles. The first kappa shape index (κ1) is 19.7. The van der Waals surface area contributed by atoms with E-state index >= 15 is 0 Å². The first-order valence-corrected chi connectivity index (χ1v) is 8.98. The van der Waals surface area contributed by atoms with Crippen molar-refractivity contribution in [2.24, 2.45) is 0 Å². The lowest BCUT2D eigenvalue weighted by molar-refractivity contribution is -0.136. The van der Waals surface area contributed by atoms with Crippen molar-refractivity contribution in [3.8, 4) is 0 Å². The third-order valence-corrected chi connectivity index (χ3v) is 4.84. The smallest absolute Gasteiger partial charge is 0.349 e. The topological polar surface area (TPSA) is 75.7 Å². The van der Waals surface area contributed by atoms with Crippen LogP contribution < -0.4 is 5.32 Å². The fourth-order valence-electron chi connectivity index (χ4n) is 2.25. The van der Waals surface area contributed by atoms with E-state index in [-0.39, 0.29) is 12.5 Å². The Morgan fingerprint density at radius 3 is 2.50 bits per heavy atom. The second kappa shape index (κ2) is 8.62. The van der Waals surface area contributed by atoms with Crippen LogP contribution in [0.3, 0.4) is 0 Å². The summed E-state index contributed by atoms with van der Waals surface area (Å²) in [5.41, 5.74) is 3.51. The maximum Gasteiger partial charge on any atom is 0.349 e. The molecule has 26 heavy (non-hydrogen) atoms. The Hall–Kier alpha value is -2.67. The number of nitrogens with one attached hydrogen (secondary N) is 1. The maximum atomic E-state index is 12.1. The van der Waals surface area contributed by atoms with Crippen LogP contribution in [0, 0.1) is 20.8 Å². The van der Waals surface area contributed by atoms with Crippen molar-refractivity contribution >= 4 is 34.8 Å². The number of likely N-dealkylation sites (N-methyl/N-ethyl adjacent to an activating group) is 1. The zero-order valence-corrected chi connectivity index (χ0v) is 16.1. The largest absolute Gasteiger partial charge is 0.451 e. The number of hydrogen-bond donors (Lipinski definition) is 1. The Labute approximate surface area is 156 Å². The highest BCUT2D eigenvalue weighted by molar-refractivity contribution is 7.12. The molecule has 7 heteroatoms. The number of benzene rings is 1. The van der Waals surface area contributed by atoms with Gasteiger partial charge in [-0.25, -0.2) is 4.79 Å². The van der Waals surface area contributed by atoms with Crippen molar-refractivity contribution < 1.29 is 19.1 Å². The van der Waals surface area contributed by atoms with Crippen LogP contribution in [-0.2, 0) is 14.3 Å². The normalized spacial score (nSPS) is 10.3. The quantitative estimate of drug-likeness (QED) is 0.789. The maximum absolute atomic E-state index is 12.1. The van der Waals surface area contributed by atoms with Gasteiger partial charge in [-0.1, -0.05) is 12.1 Å². The van der Waals surface area contributed by atoms with Crippen LogP contribution in [-0.4, -0.2) is 42.9 Å². The van der Waals surface area contributed by atoms with Gasteiger partial charge < -0.3 is 15.0 Å². The van der Waals surface area contributed by atoms with Gasteiger partial charge in [-0.3, -0.25) is 9.59 Å². The summed E-state index contributed by atoms with van der Waals surface area (Å²) in [7, 11) is 1.50. The molecule has 0 fully saturated rings. The number of carbonyl (C=O) groups excluding carboxylic acids is 3. The van der Waals surface area contributed by atoms with Crippen molar-refractivity contribution in [1.29, 1.82) is 0 Å². The van der Waals surface area contributed by atoms with Crippen molar-refractivity contribution in [3.05, 3.63) is 51.2 Å². The highest BCUT2D eigenvalue weighted by Gasteiger charge is 2.18. The number of nitrogens with zero attached hydrogens (tertiary/aromatic N) is 1. The molecular formula is C19H22N2O4S. The van der Waals surface area contributed by atoms with Gasteiger partial charge in [0.1, 0.15) is 4.88 Å². The Morgan fingerprint density at radius 1 is 1.12 bits per heavy atom. The first-order valence-electron chi connectivity index (χ1n) is 8.10. The Bertz CT molecular complexity index is 829. The number of amides is 2. The molecule has 1 N–H and O–H groups in total. The molecule has 2 rings (SSSR count). The van der Waals surface area contributed by atoms with Gasteiger partial charge >= 0.3 is 5.97 Å². The molecule has 0 bridgehead atoms. The van der Waals surface area contributed by atoms with E-state index in [1.807, 2.05) is 38.1 Å². The van der Waals surface area contributed by atoms with E-state index in [9.17, 15) is 14.4 Å².